The van der Waals surface area contributed by atoms with E-state index in [1.54, 1.807) is 0 Å². The zero-order valence-electron chi connectivity index (χ0n) is 8.83. The fourth-order valence-corrected chi connectivity index (χ4v) is 1.72. The van der Waals surface area contributed by atoms with Gasteiger partial charge in [-0.25, -0.2) is 4.99 Å². The molecule has 0 N–H and O–H groups in total. The molecular weight excluding hydrogens is 182 g/mol. The molecule has 0 saturated carbocycles. The van der Waals surface area contributed by atoms with Gasteiger partial charge in [-0.3, -0.25) is 0 Å². The van der Waals surface area contributed by atoms with Gasteiger partial charge in [-0.2, -0.15) is 0 Å². The van der Waals surface area contributed by atoms with Crippen molar-refractivity contribution >= 4 is 11.4 Å². The Labute approximate surface area is 90.2 Å². The molecule has 1 nitrogen and oxygen atoms in total. The molecule has 15 heavy (non-hydrogen) atoms. The van der Waals surface area contributed by atoms with Gasteiger partial charge in [-0.05, 0) is 12.5 Å². The first-order valence-corrected chi connectivity index (χ1v) is 4.93. The lowest BCUT2D eigenvalue weighted by atomic mass is 10.0. The molecule has 1 aliphatic rings. The van der Waals surface area contributed by atoms with Crippen molar-refractivity contribution in [3.8, 4) is 0 Å². The smallest absolute Gasteiger partial charge is 0.0782 e. The number of allylic oxidation sites excluding steroid dienone is 3. The van der Waals surface area contributed by atoms with Gasteiger partial charge in [0, 0.05) is 11.1 Å². The summed E-state index contributed by atoms with van der Waals surface area (Å²) in [6.45, 7) is 9.91. The molecule has 0 fully saturated rings. The van der Waals surface area contributed by atoms with E-state index in [-0.39, 0.29) is 0 Å². The molecule has 0 aliphatic carbocycles. The average Bonchev–Trinajstić information content (AvgIpc) is 2.58. The van der Waals surface area contributed by atoms with Gasteiger partial charge in [0.15, 0.2) is 0 Å². The molecular formula is C14H13N. The normalized spacial score (nSPS) is 14.2. The minimum atomic E-state index is 0.825. The van der Waals surface area contributed by atoms with Gasteiger partial charge in [-0.1, -0.05) is 49.6 Å². The van der Waals surface area contributed by atoms with Crippen molar-refractivity contribution in [2.45, 2.75) is 6.92 Å². The van der Waals surface area contributed by atoms with Crippen molar-refractivity contribution in [2.24, 2.45) is 4.99 Å². The van der Waals surface area contributed by atoms with Crippen LogP contribution in [0.2, 0.25) is 0 Å². The molecule has 0 amide bonds. The van der Waals surface area contributed by atoms with Gasteiger partial charge >= 0.3 is 0 Å². The first-order valence-electron chi connectivity index (χ1n) is 4.93. The van der Waals surface area contributed by atoms with Crippen LogP contribution in [-0.4, -0.2) is 5.71 Å². The Balaban J connectivity index is 2.50. The second-order valence-corrected chi connectivity index (χ2v) is 3.48. The van der Waals surface area contributed by atoms with Gasteiger partial charge in [0.25, 0.3) is 0 Å². The van der Waals surface area contributed by atoms with Gasteiger partial charge in [-0.15, -0.1) is 0 Å². The second-order valence-electron chi connectivity index (χ2n) is 3.48. The summed E-state index contributed by atoms with van der Waals surface area (Å²) in [5.41, 5.74) is 4.94. The summed E-state index contributed by atoms with van der Waals surface area (Å²) >= 11 is 0. The third-order valence-corrected chi connectivity index (χ3v) is 2.41. The Morgan fingerprint density at radius 1 is 1.27 bits per heavy atom. The van der Waals surface area contributed by atoms with E-state index in [9.17, 15) is 0 Å². The quantitative estimate of drug-likeness (QED) is 0.639. The van der Waals surface area contributed by atoms with Gasteiger partial charge in [0.2, 0.25) is 0 Å². The van der Waals surface area contributed by atoms with Crippen molar-refractivity contribution in [2.75, 3.05) is 0 Å². The van der Waals surface area contributed by atoms with Crippen LogP contribution in [0.25, 0.3) is 5.70 Å². The largest absolute Gasteiger partial charge is 0.248 e. The van der Waals surface area contributed by atoms with E-state index in [0.29, 0.717) is 0 Å². The van der Waals surface area contributed by atoms with Crippen LogP contribution in [0.4, 0.5) is 0 Å². The highest BCUT2D eigenvalue weighted by molar-refractivity contribution is 6.21. The number of rotatable bonds is 2. The minimum Gasteiger partial charge on any atom is -0.248 e. The molecule has 1 aromatic rings. The molecule has 0 saturated heterocycles. The fraction of sp³-hybridized carbons (Fsp3) is 0.0714. The second kappa shape index (κ2) is 3.70. The molecule has 0 spiro atoms. The van der Waals surface area contributed by atoms with E-state index in [2.05, 4.69) is 24.2 Å². The third-order valence-electron chi connectivity index (χ3n) is 2.41. The molecule has 74 valence electrons. The monoisotopic (exact) mass is 195 g/mol. The van der Waals surface area contributed by atoms with Gasteiger partial charge in [0.1, 0.15) is 0 Å². The molecule has 0 aromatic heterocycles. The maximum atomic E-state index is 4.45. The Kier molecular flexibility index (Phi) is 2.38. The number of hydrogen-bond donors (Lipinski definition) is 0. The summed E-state index contributed by atoms with van der Waals surface area (Å²) in [5, 5.41) is 0. The molecule has 0 radical (unpaired) electrons. The predicted molar refractivity (Wildman–Crippen MR) is 66.0 cm³/mol. The van der Waals surface area contributed by atoms with E-state index in [1.807, 2.05) is 37.3 Å². The maximum Gasteiger partial charge on any atom is 0.0782 e. The average molecular weight is 195 g/mol. The van der Waals surface area contributed by atoms with Crippen molar-refractivity contribution in [1.82, 2.24) is 0 Å². The van der Waals surface area contributed by atoms with E-state index >= 15 is 0 Å². The third kappa shape index (κ3) is 1.57. The lowest BCUT2D eigenvalue weighted by molar-refractivity contribution is 1.59. The number of fused-ring (bicyclic) bond motifs is 1. The first-order chi connectivity index (χ1) is 7.24. The lowest BCUT2D eigenvalue weighted by Crippen LogP contribution is -1.99. The molecule has 0 atom stereocenters. The standard InChI is InChI=1S/C14H13N/c1-4-7-10(2)14-13-9-6-5-8-12(13)11(3)15-14/h4-9H,2-3H2,1H3/b7-4-. The van der Waals surface area contributed by atoms with Gasteiger partial charge in [0.05, 0.1) is 11.4 Å². The zero-order chi connectivity index (χ0) is 10.8. The van der Waals surface area contributed by atoms with Crippen molar-refractivity contribution in [1.29, 1.82) is 0 Å². The summed E-state index contributed by atoms with van der Waals surface area (Å²) in [6.07, 6.45) is 3.93. The number of benzene rings is 1. The highest BCUT2D eigenvalue weighted by Crippen LogP contribution is 2.29. The molecule has 2 rings (SSSR count). The Hall–Kier alpha value is -1.89. The zero-order valence-corrected chi connectivity index (χ0v) is 8.83. The summed E-state index contributed by atoms with van der Waals surface area (Å²) in [5.74, 6) is 0. The van der Waals surface area contributed by atoms with E-state index < -0.39 is 0 Å². The molecule has 1 heterocycles. The topological polar surface area (TPSA) is 12.4 Å². The fourth-order valence-electron chi connectivity index (χ4n) is 1.72. The summed E-state index contributed by atoms with van der Waals surface area (Å²) in [4.78, 5) is 4.45. The SMILES string of the molecule is C=C(/C=C\C)C1=NC(=C)c2ccccc21. The van der Waals surface area contributed by atoms with Crippen LogP contribution >= 0.6 is 0 Å². The number of hydrogen-bond acceptors (Lipinski definition) is 1. The van der Waals surface area contributed by atoms with Crippen LogP contribution in [0.5, 0.6) is 0 Å². The highest BCUT2D eigenvalue weighted by atomic mass is 14.8. The molecule has 0 unspecified atom stereocenters. The number of aliphatic imine (C=N–C) groups is 1. The van der Waals surface area contributed by atoms with Crippen LogP contribution in [0.1, 0.15) is 18.1 Å². The summed E-state index contributed by atoms with van der Waals surface area (Å²) in [6, 6.07) is 8.11. The van der Waals surface area contributed by atoms with Crippen LogP contribution in [-0.2, 0) is 0 Å². The van der Waals surface area contributed by atoms with Gasteiger partial charge < -0.3 is 0 Å². The van der Waals surface area contributed by atoms with Crippen molar-refractivity contribution < 1.29 is 0 Å². The molecule has 1 heteroatoms. The predicted octanol–water partition coefficient (Wildman–Crippen LogP) is 3.59. The van der Waals surface area contributed by atoms with E-state index in [1.165, 1.54) is 0 Å². The molecule has 0 bridgehead atoms. The van der Waals surface area contributed by atoms with Crippen LogP contribution in [0.3, 0.4) is 0 Å². The summed E-state index contributed by atoms with van der Waals surface area (Å²) < 4.78 is 0. The van der Waals surface area contributed by atoms with Crippen molar-refractivity contribution in [3.05, 3.63) is 66.3 Å². The van der Waals surface area contributed by atoms with Crippen LogP contribution in [0.15, 0.2) is 60.1 Å². The number of nitrogens with zero attached hydrogens (tertiary/aromatic N) is 1. The Bertz CT molecular complexity index is 490. The first kappa shape index (κ1) is 9.66. The highest BCUT2D eigenvalue weighted by Gasteiger charge is 2.18. The summed E-state index contributed by atoms with van der Waals surface area (Å²) in [7, 11) is 0. The van der Waals surface area contributed by atoms with Crippen LogP contribution < -0.4 is 0 Å². The molecule has 1 aromatic carbocycles. The van der Waals surface area contributed by atoms with E-state index in [4.69, 9.17) is 0 Å². The lowest BCUT2D eigenvalue weighted by Gasteiger charge is -2.01. The maximum absolute atomic E-state index is 4.45. The molecule has 1 aliphatic heterocycles. The van der Waals surface area contributed by atoms with E-state index in [0.717, 1.165) is 28.1 Å². The Morgan fingerprint density at radius 3 is 2.60 bits per heavy atom. The Morgan fingerprint density at radius 2 is 1.93 bits per heavy atom. The van der Waals surface area contributed by atoms with Crippen LogP contribution in [0, 0.1) is 0 Å². The minimum absolute atomic E-state index is 0.825. The van der Waals surface area contributed by atoms with Crippen molar-refractivity contribution in [3.63, 3.8) is 0 Å².